The number of hydrogen-bond acceptors (Lipinski definition) is 8. The van der Waals surface area contributed by atoms with Gasteiger partial charge in [-0.15, -0.1) is 0 Å². The highest BCUT2D eigenvalue weighted by molar-refractivity contribution is 5.80. The van der Waals surface area contributed by atoms with Crippen molar-refractivity contribution in [3.8, 4) is 11.7 Å². The number of nitrogens with two attached hydrogens (primary N) is 1. The predicted molar refractivity (Wildman–Crippen MR) is 106 cm³/mol. The van der Waals surface area contributed by atoms with Crippen molar-refractivity contribution in [1.29, 1.82) is 0 Å². The van der Waals surface area contributed by atoms with Crippen LogP contribution >= 0.6 is 0 Å². The van der Waals surface area contributed by atoms with Crippen LogP contribution in [0.4, 0.5) is 17.3 Å². The zero-order chi connectivity index (χ0) is 19.3. The lowest BCUT2D eigenvalue weighted by atomic mass is 10.3. The van der Waals surface area contributed by atoms with Gasteiger partial charge in [-0.2, -0.15) is 4.98 Å². The summed E-state index contributed by atoms with van der Waals surface area (Å²) < 4.78 is 12.3. The third-order valence-corrected chi connectivity index (χ3v) is 4.01. The van der Waals surface area contributed by atoms with E-state index in [0.29, 0.717) is 30.8 Å². The molecule has 0 spiro atoms. The van der Waals surface area contributed by atoms with Crippen molar-refractivity contribution in [2.45, 2.75) is 0 Å². The van der Waals surface area contributed by atoms with Crippen LogP contribution in [0.3, 0.4) is 0 Å². The van der Waals surface area contributed by atoms with Gasteiger partial charge in [-0.05, 0) is 42.5 Å². The number of imidazole rings is 1. The van der Waals surface area contributed by atoms with Crippen LogP contribution in [-0.4, -0.2) is 44.8 Å². The molecule has 4 rings (SSSR count). The smallest absolute Gasteiger partial charge is 0.240 e. The standard InChI is InChI=1S/C19H19N7O2/c1-27-8-9-28-15-5-3-14(4-6-15)24-18-21-11-22-19(25-18)26-12-23-16-7-2-13(20)10-17(16)26/h2-7,10-12H,8-9,20H2,1H3,(H,21,22,24,25). The number of rotatable bonds is 7. The average Bonchev–Trinajstić information content (AvgIpc) is 3.13. The van der Waals surface area contributed by atoms with Crippen molar-refractivity contribution in [3.05, 3.63) is 55.1 Å². The normalized spacial score (nSPS) is 10.9. The van der Waals surface area contributed by atoms with Crippen LogP contribution in [0.15, 0.2) is 55.1 Å². The van der Waals surface area contributed by atoms with Crippen LogP contribution in [-0.2, 0) is 4.74 Å². The van der Waals surface area contributed by atoms with E-state index in [0.717, 1.165) is 22.5 Å². The van der Waals surface area contributed by atoms with Crippen LogP contribution in [0.2, 0.25) is 0 Å². The number of fused-ring (bicyclic) bond motifs is 1. The zero-order valence-electron chi connectivity index (χ0n) is 15.2. The van der Waals surface area contributed by atoms with Gasteiger partial charge in [-0.1, -0.05) is 0 Å². The van der Waals surface area contributed by atoms with E-state index >= 15 is 0 Å². The molecule has 0 saturated heterocycles. The van der Waals surface area contributed by atoms with Crippen LogP contribution in [0.5, 0.6) is 5.75 Å². The summed E-state index contributed by atoms with van der Waals surface area (Å²) in [6, 6.07) is 13.0. The van der Waals surface area contributed by atoms with E-state index < -0.39 is 0 Å². The monoisotopic (exact) mass is 377 g/mol. The van der Waals surface area contributed by atoms with Gasteiger partial charge in [0.05, 0.1) is 17.6 Å². The lowest BCUT2D eigenvalue weighted by Crippen LogP contribution is -2.05. The molecular weight excluding hydrogens is 358 g/mol. The first-order chi connectivity index (χ1) is 13.7. The Balaban J connectivity index is 1.53. The minimum atomic E-state index is 0.420. The first kappa shape index (κ1) is 17.7. The van der Waals surface area contributed by atoms with Gasteiger partial charge in [0, 0.05) is 18.5 Å². The van der Waals surface area contributed by atoms with E-state index in [-0.39, 0.29) is 0 Å². The Morgan fingerprint density at radius 2 is 1.89 bits per heavy atom. The second-order valence-electron chi connectivity index (χ2n) is 5.96. The molecule has 2 aromatic carbocycles. The van der Waals surface area contributed by atoms with Gasteiger partial charge < -0.3 is 20.5 Å². The second kappa shape index (κ2) is 7.89. The number of nitrogens with one attached hydrogen (secondary N) is 1. The molecule has 0 radical (unpaired) electrons. The predicted octanol–water partition coefficient (Wildman–Crippen LogP) is 2.56. The Morgan fingerprint density at radius 3 is 2.71 bits per heavy atom. The van der Waals surface area contributed by atoms with Gasteiger partial charge in [0.25, 0.3) is 0 Å². The highest BCUT2D eigenvalue weighted by atomic mass is 16.5. The first-order valence-electron chi connectivity index (χ1n) is 8.64. The third-order valence-electron chi connectivity index (χ3n) is 4.01. The largest absolute Gasteiger partial charge is 0.491 e. The minimum Gasteiger partial charge on any atom is -0.491 e. The van der Waals surface area contributed by atoms with Gasteiger partial charge >= 0.3 is 0 Å². The van der Waals surface area contributed by atoms with Crippen molar-refractivity contribution in [1.82, 2.24) is 24.5 Å². The van der Waals surface area contributed by atoms with Crippen LogP contribution < -0.4 is 15.8 Å². The van der Waals surface area contributed by atoms with Gasteiger partial charge in [0.1, 0.15) is 25.0 Å². The Labute approximate surface area is 161 Å². The molecule has 0 unspecified atom stereocenters. The van der Waals surface area contributed by atoms with E-state index in [9.17, 15) is 0 Å². The van der Waals surface area contributed by atoms with Gasteiger partial charge in [-0.3, -0.25) is 4.57 Å². The SMILES string of the molecule is COCCOc1ccc(Nc2ncnc(-n3cnc4ccc(N)cc43)n2)cc1. The molecule has 28 heavy (non-hydrogen) atoms. The van der Waals surface area contributed by atoms with Gasteiger partial charge in [0.2, 0.25) is 11.9 Å². The van der Waals surface area contributed by atoms with Crippen LogP contribution in [0.25, 0.3) is 17.0 Å². The third kappa shape index (κ3) is 3.84. The number of nitrogens with zero attached hydrogens (tertiary/aromatic N) is 5. The van der Waals surface area contributed by atoms with Crippen molar-refractivity contribution >= 4 is 28.4 Å². The number of benzene rings is 2. The number of anilines is 3. The van der Waals surface area contributed by atoms with E-state index in [1.807, 2.05) is 42.5 Å². The molecule has 9 heteroatoms. The van der Waals surface area contributed by atoms with Crippen LogP contribution in [0, 0.1) is 0 Å². The molecule has 0 saturated carbocycles. The molecule has 9 nitrogen and oxygen atoms in total. The summed E-state index contributed by atoms with van der Waals surface area (Å²) in [7, 11) is 1.64. The molecule has 0 aliphatic rings. The van der Waals surface area contributed by atoms with Gasteiger partial charge in [0.15, 0.2) is 0 Å². The highest BCUT2D eigenvalue weighted by Gasteiger charge is 2.09. The fourth-order valence-electron chi connectivity index (χ4n) is 2.65. The topological polar surface area (TPSA) is 113 Å². The maximum atomic E-state index is 5.89. The molecule has 0 bridgehead atoms. The molecule has 0 atom stereocenters. The molecule has 0 aliphatic carbocycles. The number of hydrogen-bond donors (Lipinski definition) is 2. The molecule has 0 amide bonds. The second-order valence-corrected chi connectivity index (χ2v) is 5.96. The minimum absolute atomic E-state index is 0.420. The highest BCUT2D eigenvalue weighted by Crippen LogP contribution is 2.21. The fourth-order valence-corrected chi connectivity index (χ4v) is 2.65. The first-order valence-corrected chi connectivity index (χ1v) is 8.64. The van der Waals surface area contributed by atoms with E-state index in [4.69, 9.17) is 15.2 Å². The van der Waals surface area contributed by atoms with Crippen molar-refractivity contribution in [3.63, 3.8) is 0 Å². The van der Waals surface area contributed by atoms with Gasteiger partial charge in [-0.25, -0.2) is 15.0 Å². The van der Waals surface area contributed by atoms with E-state index in [1.165, 1.54) is 6.33 Å². The summed E-state index contributed by atoms with van der Waals surface area (Å²) in [5, 5.41) is 3.16. The zero-order valence-corrected chi connectivity index (χ0v) is 15.2. The molecule has 2 heterocycles. The van der Waals surface area contributed by atoms with E-state index in [2.05, 4.69) is 25.3 Å². The lowest BCUT2D eigenvalue weighted by Gasteiger charge is -2.09. The summed E-state index contributed by atoms with van der Waals surface area (Å²) in [6.45, 7) is 1.05. The molecule has 0 aliphatic heterocycles. The Hall–Kier alpha value is -3.72. The summed E-state index contributed by atoms with van der Waals surface area (Å²) in [5.41, 5.74) is 9.01. The van der Waals surface area contributed by atoms with Crippen LogP contribution in [0.1, 0.15) is 0 Å². The average molecular weight is 377 g/mol. The quantitative estimate of drug-likeness (QED) is 0.373. The summed E-state index contributed by atoms with van der Waals surface area (Å²) in [5.74, 6) is 1.63. The Morgan fingerprint density at radius 1 is 1.04 bits per heavy atom. The van der Waals surface area contributed by atoms with Crippen molar-refractivity contribution in [2.24, 2.45) is 0 Å². The molecule has 3 N–H and O–H groups in total. The number of aromatic nitrogens is 5. The lowest BCUT2D eigenvalue weighted by molar-refractivity contribution is 0.146. The summed E-state index contributed by atoms with van der Waals surface area (Å²) >= 11 is 0. The number of nitrogen functional groups attached to an aromatic ring is 1. The Kier molecular flexibility index (Phi) is 4.98. The molecule has 4 aromatic rings. The molecular formula is C19H19N7O2. The van der Waals surface area contributed by atoms with Crippen molar-refractivity contribution < 1.29 is 9.47 Å². The van der Waals surface area contributed by atoms with E-state index in [1.54, 1.807) is 18.0 Å². The maximum Gasteiger partial charge on any atom is 0.240 e. The molecule has 142 valence electrons. The summed E-state index contributed by atoms with van der Waals surface area (Å²) in [4.78, 5) is 17.3. The Bertz CT molecular complexity index is 1080. The molecule has 0 fully saturated rings. The number of ether oxygens (including phenoxy) is 2. The van der Waals surface area contributed by atoms with Crippen molar-refractivity contribution in [2.75, 3.05) is 31.4 Å². The fraction of sp³-hybridized carbons (Fsp3) is 0.158. The maximum absolute atomic E-state index is 5.89. The summed E-state index contributed by atoms with van der Waals surface area (Å²) in [6.07, 6.45) is 3.11. The number of methoxy groups -OCH3 is 1. The molecule has 2 aromatic heterocycles.